The Kier molecular flexibility index (Phi) is 4.94. The first kappa shape index (κ1) is 17.7. The SMILES string of the molecule is CCN(CC)Cc1c(/C=C2/C(=O)NN=C2c2ccno2)[nH]c2c1CCCC2. The van der Waals surface area contributed by atoms with Gasteiger partial charge in [0.1, 0.15) is 5.71 Å². The smallest absolute Gasteiger partial charge is 0.273 e. The van der Waals surface area contributed by atoms with Gasteiger partial charge in [-0.3, -0.25) is 9.69 Å². The first-order chi connectivity index (χ1) is 13.2. The van der Waals surface area contributed by atoms with E-state index in [1.165, 1.54) is 29.7 Å². The number of carbonyl (C=O) groups excluding carboxylic acids is 1. The molecule has 3 heterocycles. The highest BCUT2D eigenvalue weighted by atomic mass is 16.5. The highest BCUT2D eigenvalue weighted by molar-refractivity contribution is 6.32. The van der Waals surface area contributed by atoms with Gasteiger partial charge in [0, 0.05) is 24.0 Å². The number of nitrogens with zero attached hydrogens (tertiary/aromatic N) is 3. The lowest BCUT2D eigenvalue weighted by Gasteiger charge is -2.20. The fourth-order valence-corrected chi connectivity index (χ4v) is 3.89. The Balaban J connectivity index is 1.76. The second kappa shape index (κ2) is 7.52. The predicted molar refractivity (Wildman–Crippen MR) is 103 cm³/mol. The third-order valence-corrected chi connectivity index (χ3v) is 5.45. The van der Waals surface area contributed by atoms with Gasteiger partial charge < -0.3 is 9.51 Å². The number of hydrogen-bond donors (Lipinski definition) is 2. The van der Waals surface area contributed by atoms with Gasteiger partial charge in [-0.15, -0.1) is 0 Å². The fraction of sp³-hybridized carbons (Fsp3) is 0.450. The van der Waals surface area contributed by atoms with E-state index in [1.54, 1.807) is 12.3 Å². The molecule has 2 aromatic heterocycles. The van der Waals surface area contributed by atoms with E-state index in [0.29, 0.717) is 17.0 Å². The molecule has 4 rings (SSSR count). The second-order valence-corrected chi connectivity index (χ2v) is 6.98. The second-order valence-electron chi connectivity index (χ2n) is 6.98. The summed E-state index contributed by atoms with van der Waals surface area (Å²) in [5, 5.41) is 7.86. The molecule has 0 saturated carbocycles. The van der Waals surface area contributed by atoms with Crippen LogP contribution in [0.25, 0.3) is 6.08 Å². The zero-order valence-corrected chi connectivity index (χ0v) is 15.8. The van der Waals surface area contributed by atoms with Gasteiger partial charge in [-0.2, -0.15) is 5.10 Å². The van der Waals surface area contributed by atoms with Crippen LogP contribution in [-0.4, -0.2) is 39.7 Å². The third kappa shape index (κ3) is 3.35. The maximum absolute atomic E-state index is 12.4. The molecule has 0 saturated heterocycles. The Morgan fingerprint density at radius 3 is 2.81 bits per heavy atom. The van der Waals surface area contributed by atoms with Gasteiger partial charge in [0.25, 0.3) is 5.91 Å². The van der Waals surface area contributed by atoms with E-state index in [-0.39, 0.29) is 5.91 Å². The molecule has 7 nitrogen and oxygen atoms in total. The van der Waals surface area contributed by atoms with Crippen molar-refractivity contribution in [2.75, 3.05) is 13.1 Å². The summed E-state index contributed by atoms with van der Waals surface area (Å²) in [6, 6.07) is 1.71. The van der Waals surface area contributed by atoms with Crippen LogP contribution in [0.3, 0.4) is 0 Å². The van der Waals surface area contributed by atoms with Crippen LogP contribution in [0.1, 0.15) is 55.0 Å². The molecule has 2 aliphatic rings. The number of hydrogen-bond acceptors (Lipinski definition) is 5. The van der Waals surface area contributed by atoms with E-state index in [2.05, 4.69) is 39.4 Å². The molecule has 1 aliphatic carbocycles. The first-order valence-corrected chi connectivity index (χ1v) is 9.67. The lowest BCUT2D eigenvalue weighted by atomic mass is 9.93. The number of hydrazone groups is 1. The summed E-state index contributed by atoms with van der Waals surface area (Å²) >= 11 is 0. The minimum Gasteiger partial charge on any atom is -0.358 e. The van der Waals surface area contributed by atoms with Gasteiger partial charge in [-0.25, -0.2) is 5.43 Å². The molecule has 0 unspecified atom stereocenters. The lowest BCUT2D eigenvalue weighted by molar-refractivity contribution is -0.116. The molecule has 0 spiro atoms. The van der Waals surface area contributed by atoms with Gasteiger partial charge in [0.05, 0.1) is 11.8 Å². The molecule has 7 heteroatoms. The summed E-state index contributed by atoms with van der Waals surface area (Å²) in [5.74, 6) is 0.268. The first-order valence-electron chi connectivity index (χ1n) is 9.67. The van der Waals surface area contributed by atoms with Gasteiger partial charge in [0.2, 0.25) is 0 Å². The van der Waals surface area contributed by atoms with Crippen LogP contribution in [0.15, 0.2) is 27.5 Å². The normalized spacial score (nSPS) is 18.1. The molecule has 27 heavy (non-hydrogen) atoms. The highest BCUT2D eigenvalue weighted by Gasteiger charge is 2.28. The number of aromatic amines is 1. The Morgan fingerprint density at radius 1 is 1.26 bits per heavy atom. The molecule has 1 aliphatic heterocycles. The van der Waals surface area contributed by atoms with Crippen LogP contribution in [0.2, 0.25) is 0 Å². The van der Waals surface area contributed by atoms with Crippen molar-refractivity contribution in [3.8, 4) is 0 Å². The minimum absolute atomic E-state index is 0.220. The Morgan fingerprint density at radius 2 is 2.07 bits per heavy atom. The van der Waals surface area contributed by atoms with Gasteiger partial charge in [0.15, 0.2) is 5.76 Å². The van der Waals surface area contributed by atoms with Crippen molar-refractivity contribution in [2.24, 2.45) is 5.10 Å². The maximum atomic E-state index is 12.4. The van der Waals surface area contributed by atoms with E-state index in [1.807, 2.05) is 6.08 Å². The molecule has 0 bridgehead atoms. The zero-order valence-electron chi connectivity index (χ0n) is 15.8. The average molecular weight is 367 g/mol. The monoisotopic (exact) mass is 367 g/mol. The van der Waals surface area contributed by atoms with Gasteiger partial charge >= 0.3 is 0 Å². The van der Waals surface area contributed by atoms with Crippen molar-refractivity contribution >= 4 is 17.7 Å². The number of carbonyl (C=O) groups is 1. The van der Waals surface area contributed by atoms with Crippen LogP contribution in [0.5, 0.6) is 0 Å². The fourth-order valence-electron chi connectivity index (χ4n) is 3.89. The van der Waals surface area contributed by atoms with Crippen molar-refractivity contribution < 1.29 is 9.32 Å². The number of H-pyrrole nitrogens is 1. The molecule has 2 N–H and O–H groups in total. The zero-order chi connectivity index (χ0) is 18.8. The number of nitrogens with one attached hydrogen (secondary N) is 2. The summed E-state index contributed by atoms with van der Waals surface area (Å²) < 4.78 is 5.21. The van der Waals surface area contributed by atoms with Crippen molar-refractivity contribution in [1.82, 2.24) is 20.5 Å². The quantitative estimate of drug-likeness (QED) is 0.769. The topological polar surface area (TPSA) is 86.5 Å². The lowest BCUT2D eigenvalue weighted by Crippen LogP contribution is -2.23. The summed E-state index contributed by atoms with van der Waals surface area (Å²) in [6.45, 7) is 7.24. The molecule has 0 radical (unpaired) electrons. The molecular formula is C20H25N5O2. The Hall–Kier alpha value is -2.67. The number of aryl methyl sites for hydroxylation is 1. The van der Waals surface area contributed by atoms with Crippen LogP contribution in [0.4, 0.5) is 0 Å². The highest BCUT2D eigenvalue weighted by Crippen LogP contribution is 2.30. The van der Waals surface area contributed by atoms with Crippen LogP contribution in [0, 0.1) is 0 Å². The molecule has 1 amide bonds. The molecule has 2 aromatic rings. The van der Waals surface area contributed by atoms with E-state index in [9.17, 15) is 4.79 Å². The standard InChI is InChI=1S/C20H25N5O2/c1-3-25(4-2)12-15-13-7-5-6-8-16(13)22-17(15)11-14-19(23-24-20(14)26)18-9-10-21-27-18/h9-11,22H,3-8,12H2,1-2H3,(H,24,26)/b14-11+. The third-order valence-electron chi connectivity index (χ3n) is 5.45. The molecule has 142 valence electrons. The van der Waals surface area contributed by atoms with Gasteiger partial charge in [-0.05, 0) is 56.0 Å². The summed E-state index contributed by atoms with van der Waals surface area (Å²) in [6.07, 6.45) is 8.06. The number of rotatable bonds is 6. The van der Waals surface area contributed by atoms with E-state index >= 15 is 0 Å². The van der Waals surface area contributed by atoms with Crippen molar-refractivity contribution in [1.29, 1.82) is 0 Å². The largest absolute Gasteiger partial charge is 0.358 e. The van der Waals surface area contributed by atoms with Crippen LogP contribution in [-0.2, 0) is 24.2 Å². The number of amides is 1. The van der Waals surface area contributed by atoms with Crippen molar-refractivity contribution in [2.45, 2.75) is 46.1 Å². The molecule has 0 atom stereocenters. The summed E-state index contributed by atoms with van der Waals surface area (Å²) in [5.41, 5.74) is 8.60. The molecule has 0 aromatic carbocycles. The van der Waals surface area contributed by atoms with Crippen molar-refractivity contribution in [3.05, 3.63) is 46.1 Å². The van der Waals surface area contributed by atoms with Crippen LogP contribution >= 0.6 is 0 Å². The van der Waals surface area contributed by atoms with E-state index in [0.717, 1.165) is 38.2 Å². The predicted octanol–water partition coefficient (Wildman–Crippen LogP) is 2.64. The number of fused-ring (bicyclic) bond motifs is 1. The molecule has 0 fully saturated rings. The van der Waals surface area contributed by atoms with Crippen LogP contribution < -0.4 is 5.43 Å². The maximum Gasteiger partial charge on any atom is 0.273 e. The van der Waals surface area contributed by atoms with E-state index in [4.69, 9.17) is 4.52 Å². The summed E-state index contributed by atoms with van der Waals surface area (Å²) in [4.78, 5) is 18.4. The number of aromatic nitrogens is 2. The average Bonchev–Trinajstić information content (AvgIpc) is 3.40. The van der Waals surface area contributed by atoms with E-state index < -0.39 is 0 Å². The molecular weight excluding hydrogens is 342 g/mol. The van der Waals surface area contributed by atoms with Gasteiger partial charge in [-0.1, -0.05) is 19.0 Å². The Bertz CT molecular complexity index is 888. The Labute approximate surface area is 158 Å². The van der Waals surface area contributed by atoms with Crippen molar-refractivity contribution in [3.63, 3.8) is 0 Å². The minimum atomic E-state index is -0.220. The summed E-state index contributed by atoms with van der Waals surface area (Å²) in [7, 11) is 0.